The fourth-order valence-corrected chi connectivity index (χ4v) is 4.53. The number of nitrogens with zero attached hydrogens (tertiary/aromatic N) is 4. The molecule has 2 aliphatic heterocycles. The summed E-state index contributed by atoms with van der Waals surface area (Å²) < 4.78 is 0. The minimum absolute atomic E-state index is 0.0476. The van der Waals surface area contributed by atoms with Gasteiger partial charge >= 0.3 is 0 Å². The van der Waals surface area contributed by atoms with E-state index in [1.54, 1.807) is 0 Å². The third kappa shape index (κ3) is 5.50. The summed E-state index contributed by atoms with van der Waals surface area (Å²) in [7, 11) is 0. The van der Waals surface area contributed by atoms with Crippen LogP contribution in [-0.4, -0.2) is 82.6 Å². The Bertz CT molecular complexity index is 575. The lowest BCUT2D eigenvalue weighted by Crippen LogP contribution is -2.51. The van der Waals surface area contributed by atoms with E-state index in [-0.39, 0.29) is 18.4 Å². The molecular formula is C21H34N4O2. The van der Waals surface area contributed by atoms with Crippen LogP contribution in [0.2, 0.25) is 0 Å². The number of carbonyl (C=O) groups is 1. The lowest BCUT2D eigenvalue weighted by Gasteiger charge is -2.42. The number of aliphatic hydroxyl groups excluding tert-OH is 1. The Morgan fingerprint density at radius 2 is 1.96 bits per heavy atom. The van der Waals surface area contributed by atoms with Gasteiger partial charge in [-0.25, -0.2) is 0 Å². The lowest BCUT2D eigenvalue weighted by atomic mass is 9.92. The monoisotopic (exact) mass is 374 g/mol. The summed E-state index contributed by atoms with van der Waals surface area (Å²) in [5.74, 6) is 0.325. The minimum Gasteiger partial charge on any atom is -0.395 e. The zero-order valence-electron chi connectivity index (χ0n) is 16.6. The molecule has 0 unspecified atom stereocenters. The molecule has 1 amide bonds. The summed E-state index contributed by atoms with van der Waals surface area (Å²) in [5, 5.41) is 9.19. The molecule has 27 heavy (non-hydrogen) atoms. The number of likely N-dealkylation sites (tertiary alicyclic amines) is 2. The van der Waals surface area contributed by atoms with Crippen molar-refractivity contribution in [3.05, 3.63) is 30.1 Å². The second-order valence-electron chi connectivity index (χ2n) is 7.84. The second-order valence-corrected chi connectivity index (χ2v) is 7.84. The van der Waals surface area contributed by atoms with Crippen molar-refractivity contribution in [3.63, 3.8) is 0 Å². The minimum atomic E-state index is 0.0476. The van der Waals surface area contributed by atoms with Crippen LogP contribution in [0.3, 0.4) is 0 Å². The maximum Gasteiger partial charge on any atom is 0.227 e. The van der Waals surface area contributed by atoms with Gasteiger partial charge in [0.25, 0.3) is 0 Å². The van der Waals surface area contributed by atoms with E-state index in [1.807, 2.05) is 24.2 Å². The summed E-state index contributed by atoms with van der Waals surface area (Å²) in [4.78, 5) is 23.8. The largest absolute Gasteiger partial charge is 0.395 e. The first-order valence-electron chi connectivity index (χ1n) is 10.5. The molecule has 6 nitrogen and oxygen atoms in total. The van der Waals surface area contributed by atoms with Gasteiger partial charge in [0, 0.05) is 44.6 Å². The summed E-state index contributed by atoms with van der Waals surface area (Å²) in [6, 6.07) is 4.79. The topological polar surface area (TPSA) is 59.9 Å². The number of piperidine rings is 2. The molecule has 3 rings (SSSR count). The highest BCUT2D eigenvalue weighted by atomic mass is 16.3. The molecule has 0 spiro atoms. The van der Waals surface area contributed by atoms with Crippen molar-refractivity contribution in [2.75, 3.05) is 45.9 Å². The predicted octanol–water partition coefficient (Wildman–Crippen LogP) is 1.60. The molecule has 0 saturated carbocycles. The van der Waals surface area contributed by atoms with Crippen molar-refractivity contribution in [3.8, 4) is 0 Å². The third-order valence-corrected chi connectivity index (χ3v) is 6.09. The number of hydrogen-bond acceptors (Lipinski definition) is 5. The molecule has 150 valence electrons. The summed E-state index contributed by atoms with van der Waals surface area (Å²) in [6.07, 6.45) is 8.18. The van der Waals surface area contributed by atoms with Crippen LogP contribution in [-0.2, 0) is 11.3 Å². The first kappa shape index (κ1) is 20.2. The molecule has 6 heteroatoms. The van der Waals surface area contributed by atoms with E-state index >= 15 is 0 Å². The van der Waals surface area contributed by atoms with E-state index in [2.05, 4.69) is 26.9 Å². The molecule has 2 fully saturated rings. The normalized spacial score (nSPS) is 22.7. The number of likely N-dealkylation sites (N-methyl/N-ethyl adjacent to an activating group) is 1. The van der Waals surface area contributed by atoms with Gasteiger partial charge in [-0.15, -0.1) is 0 Å². The highest BCUT2D eigenvalue weighted by molar-refractivity contribution is 5.79. The van der Waals surface area contributed by atoms with E-state index in [4.69, 9.17) is 0 Å². The average molecular weight is 375 g/mol. The molecule has 1 N–H and O–H groups in total. The van der Waals surface area contributed by atoms with Crippen LogP contribution in [0.25, 0.3) is 0 Å². The van der Waals surface area contributed by atoms with Gasteiger partial charge < -0.3 is 10.0 Å². The third-order valence-electron chi connectivity index (χ3n) is 6.09. The molecule has 0 bridgehead atoms. The Kier molecular flexibility index (Phi) is 7.61. The molecule has 2 saturated heterocycles. The van der Waals surface area contributed by atoms with E-state index in [0.717, 1.165) is 45.6 Å². The Morgan fingerprint density at radius 1 is 1.22 bits per heavy atom. The van der Waals surface area contributed by atoms with Crippen LogP contribution in [0, 0.1) is 5.92 Å². The molecular weight excluding hydrogens is 340 g/mol. The summed E-state index contributed by atoms with van der Waals surface area (Å²) >= 11 is 0. The summed E-state index contributed by atoms with van der Waals surface area (Å²) in [5.41, 5.74) is 1.33. The van der Waals surface area contributed by atoms with Gasteiger partial charge in [0.1, 0.15) is 0 Å². The van der Waals surface area contributed by atoms with Crippen LogP contribution >= 0.6 is 0 Å². The van der Waals surface area contributed by atoms with Crippen molar-refractivity contribution in [2.45, 2.75) is 45.2 Å². The van der Waals surface area contributed by atoms with Crippen molar-refractivity contribution >= 4 is 5.91 Å². The second kappa shape index (κ2) is 10.2. The number of hydrogen-bond donors (Lipinski definition) is 1. The van der Waals surface area contributed by atoms with E-state index in [1.165, 1.54) is 18.4 Å². The molecule has 1 aromatic rings. The zero-order chi connectivity index (χ0) is 19.1. The standard InChI is InChI=1S/C21H34N4O2/c1-2-24(14-15-26)21(27)19-4-3-11-25(17-19)20-7-12-23(13-8-20)16-18-5-9-22-10-6-18/h5-6,9-10,19-20,26H,2-4,7-8,11-17H2,1H3/t19-/m1/s1. The SMILES string of the molecule is CCN(CCO)C(=O)[C@@H]1CCCN(C2CCN(Cc3ccncc3)CC2)C1. The first-order valence-corrected chi connectivity index (χ1v) is 10.5. The smallest absolute Gasteiger partial charge is 0.227 e. The van der Waals surface area contributed by atoms with Gasteiger partial charge in [-0.1, -0.05) is 0 Å². The average Bonchev–Trinajstić information content (AvgIpc) is 2.73. The number of aliphatic hydroxyl groups is 1. The molecule has 3 heterocycles. The Morgan fingerprint density at radius 3 is 2.63 bits per heavy atom. The van der Waals surface area contributed by atoms with Gasteiger partial charge in [0.15, 0.2) is 0 Å². The van der Waals surface area contributed by atoms with Crippen molar-refractivity contribution in [1.82, 2.24) is 19.7 Å². The zero-order valence-corrected chi connectivity index (χ0v) is 16.6. The molecule has 1 atom stereocenters. The molecule has 0 aliphatic carbocycles. The van der Waals surface area contributed by atoms with Crippen LogP contribution in [0.1, 0.15) is 38.2 Å². The van der Waals surface area contributed by atoms with Crippen molar-refractivity contribution in [2.24, 2.45) is 5.92 Å². The quantitative estimate of drug-likeness (QED) is 0.786. The Labute approximate surface area is 163 Å². The summed E-state index contributed by atoms with van der Waals surface area (Å²) in [6.45, 7) is 8.42. The van der Waals surface area contributed by atoms with Crippen LogP contribution < -0.4 is 0 Å². The van der Waals surface area contributed by atoms with Gasteiger partial charge in [0.05, 0.1) is 12.5 Å². The molecule has 2 aliphatic rings. The number of pyridine rings is 1. The highest BCUT2D eigenvalue weighted by Gasteiger charge is 2.33. The number of carbonyl (C=O) groups excluding carboxylic acids is 1. The van der Waals surface area contributed by atoms with Gasteiger partial charge in [-0.05, 0) is 69.9 Å². The van der Waals surface area contributed by atoms with Crippen LogP contribution in [0.5, 0.6) is 0 Å². The molecule has 1 aromatic heterocycles. The van der Waals surface area contributed by atoms with Crippen molar-refractivity contribution in [1.29, 1.82) is 0 Å². The molecule has 0 aromatic carbocycles. The number of rotatable bonds is 7. The highest BCUT2D eigenvalue weighted by Crippen LogP contribution is 2.25. The maximum atomic E-state index is 12.8. The fraction of sp³-hybridized carbons (Fsp3) is 0.714. The van der Waals surface area contributed by atoms with Crippen LogP contribution in [0.4, 0.5) is 0 Å². The van der Waals surface area contributed by atoms with E-state index in [9.17, 15) is 9.90 Å². The first-order chi connectivity index (χ1) is 13.2. The van der Waals surface area contributed by atoms with Gasteiger partial charge in [0.2, 0.25) is 5.91 Å². The van der Waals surface area contributed by atoms with Crippen LogP contribution in [0.15, 0.2) is 24.5 Å². The Balaban J connectivity index is 1.48. The number of amides is 1. The predicted molar refractivity (Wildman–Crippen MR) is 106 cm³/mol. The van der Waals surface area contributed by atoms with E-state index < -0.39 is 0 Å². The van der Waals surface area contributed by atoms with Gasteiger partial charge in [-0.2, -0.15) is 0 Å². The maximum absolute atomic E-state index is 12.8. The fourth-order valence-electron chi connectivity index (χ4n) is 4.53. The lowest BCUT2D eigenvalue weighted by molar-refractivity contribution is -0.138. The Hall–Kier alpha value is -1.50. The van der Waals surface area contributed by atoms with Gasteiger partial charge in [-0.3, -0.25) is 19.6 Å². The van der Waals surface area contributed by atoms with Crippen molar-refractivity contribution < 1.29 is 9.90 Å². The van der Waals surface area contributed by atoms with E-state index in [0.29, 0.717) is 19.1 Å². The number of aromatic nitrogens is 1. The molecule has 0 radical (unpaired) electrons.